The van der Waals surface area contributed by atoms with E-state index in [-0.39, 0.29) is 11.9 Å². The van der Waals surface area contributed by atoms with Crippen molar-refractivity contribution < 1.29 is 18.3 Å². The van der Waals surface area contributed by atoms with Gasteiger partial charge in [-0.1, -0.05) is 0 Å². The number of rotatable bonds is 6. The topological polar surface area (TPSA) is 50.4 Å². The molecule has 20 heavy (non-hydrogen) atoms. The smallest absolute Gasteiger partial charge is 0.261 e. The highest BCUT2D eigenvalue weighted by molar-refractivity contribution is 5.81. The minimum Gasteiger partial charge on any atom is -0.475 e. The van der Waals surface area contributed by atoms with E-state index in [1.54, 1.807) is 7.05 Å². The lowest BCUT2D eigenvalue weighted by atomic mass is 10.2. The van der Waals surface area contributed by atoms with Gasteiger partial charge in [0.1, 0.15) is 0 Å². The molecule has 1 saturated carbocycles. The number of carbonyl (C=O) groups excluding carboxylic acids is 1. The van der Waals surface area contributed by atoms with Crippen molar-refractivity contribution in [3.63, 3.8) is 0 Å². The molecule has 4 nitrogen and oxygen atoms in total. The van der Waals surface area contributed by atoms with Crippen LogP contribution in [-0.2, 0) is 11.3 Å². The van der Waals surface area contributed by atoms with Crippen molar-refractivity contribution in [3.8, 4) is 5.75 Å². The molecule has 0 aromatic heterocycles. The summed E-state index contributed by atoms with van der Waals surface area (Å²) in [5.41, 5.74) is 0.477. The molecule has 1 amide bonds. The average Bonchev–Trinajstić information content (AvgIpc) is 3.17. The van der Waals surface area contributed by atoms with Crippen LogP contribution in [0.25, 0.3) is 0 Å². The first-order valence-electron chi connectivity index (χ1n) is 6.60. The van der Waals surface area contributed by atoms with E-state index in [2.05, 4.69) is 10.6 Å². The molecular weight excluding hydrogens is 266 g/mol. The molecule has 1 aliphatic rings. The lowest BCUT2D eigenvalue weighted by Gasteiger charge is -2.16. The predicted molar refractivity (Wildman–Crippen MR) is 70.4 cm³/mol. The predicted octanol–water partition coefficient (Wildman–Crippen LogP) is 1.73. The number of benzene rings is 1. The molecule has 6 heteroatoms. The highest BCUT2D eigenvalue weighted by Crippen LogP contribution is 2.25. The van der Waals surface area contributed by atoms with Crippen LogP contribution in [0, 0.1) is 11.6 Å². The normalized spacial score (nSPS) is 15.8. The largest absolute Gasteiger partial charge is 0.475 e. The number of ether oxygens (including phenoxy) is 1. The van der Waals surface area contributed by atoms with Crippen LogP contribution in [0.15, 0.2) is 12.1 Å². The van der Waals surface area contributed by atoms with Crippen molar-refractivity contribution in [2.75, 3.05) is 7.05 Å². The second-order valence-electron chi connectivity index (χ2n) is 4.96. The summed E-state index contributed by atoms with van der Waals surface area (Å²) in [6, 6.07) is 2.57. The van der Waals surface area contributed by atoms with Gasteiger partial charge in [-0.15, -0.1) is 0 Å². The monoisotopic (exact) mass is 284 g/mol. The Morgan fingerprint density at radius 3 is 2.50 bits per heavy atom. The molecule has 0 bridgehead atoms. The third-order valence-electron chi connectivity index (χ3n) is 3.03. The fourth-order valence-corrected chi connectivity index (χ4v) is 1.81. The molecule has 1 fully saturated rings. The van der Waals surface area contributed by atoms with E-state index in [4.69, 9.17) is 4.74 Å². The lowest BCUT2D eigenvalue weighted by molar-refractivity contribution is -0.127. The van der Waals surface area contributed by atoms with Gasteiger partial charge in [-0.05, 0) is 44.5 Å². The molecule has 2 rings (SSSR count). The van der Waals surface area contributed by atoms with E-state index in [0.29, 0.717) is 12.1 Å². The molecule has 0 heterocycles. The van der Waals surface area contributed by atoms with E-state index in [0.717, 1.165) is 12.8 Å². The van der Waals surface area contributed by atoms with Crippen molar-refractivity contribution in [1.29, 1.82) is 0 Å². The van der Waals surface area contributed by atoms with Crippen molar-refractivity contribution >= 4 is 5.91 Å². The van der Waals surface area contributed by atoms with Gasteiger partial charge in [-0.2, -0.15) is 0 Å². The zero-order valence-corrected chi connectivity index (χ0v) is 11.5. The third kappa shape index (κ3) is 3.66. The lowest BCUT2D eigenvalue weighted by Crippen LogP contribution is -2.37. The van der Waals surface area contributed by atoms with E-state index in [1.165, 1.54) is 19.1 Å². The van der Waals surface area contributed by atoms with Gasteiger partial charge in [-0.25, -0.2) is 8.78 Å². The van der Waals surface area contributed by atoms with Gasteiger partial charge in [0, 0.05) is 12.6 Å². The fourth-order valence-electron chi connectivity index (χ4n) is 1.81. The Balaban J connectivity index is 2.05. The number of amides is 1. The van der Waals surface area contributed by atoms with Gasteiger partial charge in [0.2, 0.25) is 0 Å². The number of hydrogen-bond donors (Lipinski definition) is 2. The van der Waals surface area contributed by atoms with Gasteiger partial charge in [0.05, 0.1) is 0 Å². The summed E-state index contributed by atoms with van der Waals surface area (Å²) in [7, 11) is 1.69. The molecule has 1 atom stereocenters. The second kappa shape index (κ2) is 6.17. The van der Waals surface area contributed by atoms with Crippen LogP contribution < -0.4 is 15.4 Å². The Kier molecular flexibility index (Phi) is 4.54. The first-order valence-corrected chi connectivity index (χ1v) is 6.60. The Bertz CT molecular complexity index is 481. The molecule has 0 saturated heterocycles. The molecule has 0 radical (unpaired) electrons. The van der Waals surface area contributed by atoms with Gasteiger partial charge >= 0.3 is 0 Å². The van der Waals surface area contributed by atoms with Crippen LogP contribution in [0.1, 0.15) is 25.3 Å². The van der Waals surface area contributed by atoms with E-state index >= 15 is 0 Å². The summed E-state index contributed by atoms with van der Waals surface area (Å²) in [6.45, 7) is 1.82. The van der Waals surface area contributed by atoms with Gasteiger partial charge < -0.3 is 15.4 Å². The summed E-state index contributed by atoms with van der Waals surface area (Å²) < 4.78 is 32.7. The average molecular weight is 284 g/mol. The number of hydrogen-bond acceptors (Lipinski definition) is 3. The zero-order valence-electron chi connectivity index (χ0n) is 11.5. The third-order valence-corrected chi connectivity index (χ3v) is 3.03. The zero-order chi connectivity index (χ0) is 14.7. The molecule has 2 N–H and O–H groups in total. The van der Waals surface area contributed by atoms with Crippen molar-refractivity contribution in [1.82, 2.24) is 10.6 Å². The van der Waals surface area contributed by atoms with E-state index in [9.17, 15) is 13.6 Å². The molecule has 0 spiro atoms. The number of carbonyl (C=O) groups is 1. The summed E-state index contributed by atoms with van der Waals surface area (Å²) in [5, 5.41) is 5.53. The second-order valence-corrected chi connectivity index (χ2v) is 4.96. The molecular formula is C14H18F2N2O2. The maximum atomic E-state index is 13.8. The summed E-state index contributed by atoms with van der Waals surface area (Å²) >= 11 is 0. The highest BCUT2D eigenvalue weighted by Gasteiger charge is 2.27. The molecule has 0 aliphatic heterocycles. The number of nitrogens with one attached hydrogen (secondary N) is 2. The highest BCUT2D eigenvalue weighted by atomic mass is 19.1. The van der Waals surface area contributed by atoms with Crippen molar-refractivity contribution in [2.24, 2.45) is 0 Å². The van der Waals surface area contributed by atoms with Gasteiger partial charge in [-0.3, -0.25) is 4.79 Å². The molecule has 1 aromatic carbocycles. The summed E-state index contributed by atoms with van der Waals surface area (Å²) in [4.78, 5) is 11.7. The van der Waals surface area contributed by atoms with Crippen LogP contribution in [0.3, 0.4) is 0 Å². The first-order chi connectivity index (χ1) is 9.51. The minimum atomic E-state index is -0.935. The minimum absolute atomic E-state index is 0.182. The van der Waals surface area contributed by atoms with Crippen LogP contribution >= 0.6 is 0 Å². The van der Waals surface area contributed by atoms with E-state index < -0.39 is 23.5 Å². The maximum absolute atomic E-state index is 13.8. The fraction of sp³-hybridized carbons (Fsp3) is 0.500. The Labute approximate surface area is 116 Å². The molecule has 110 valence electrons. The first kappa shape index (κ1) is 14.7. The summed E-state index contributed by atoms with van der Waals surface area (Å²) in [5.74, 6) is -2.48. The number of halogens is 2. The molecule has 1 unspecified atom stereocenters. The molecule has 1 aliphatic carbocycles. The van der Waals surface area contributed by atoms with Gasteiger partial charge in [0.25, 0.3) is 5.91 Å². The van der Waals surface area contributed by atoms with Crippen LogP contribution in [0.5, 0.6) is 5.75 Å². The standard InChI is InChI=1S/C14H18F2N2O2/c1-8(14(19)18-10-3-4-10)20-13-11(15)5-9(7-17-2)6-12(13)16/h5-6,8,10,17H,3-4,7H2,1-2H3,(H,18,19). The maximum Gasteiger partial charge on any atom is 0.261 e. The Morgan fingerprint density at radius 2 is 2.00 bits per heavy atom. The van der Waals surface area contributed by atoms with Crippen molar-refractivity contribution in [2.45, 2.75) is 38.5 Å². The quantitative estimate of drug-likeness (QED) is 0.836. The van der Waals surface area contributed by atoms with E-state index in [1.807, 2.05) is 0 Å². The molecule has 1 aromatic rings. The van der Waals surface area contributed by atoms with Crippen LogP contribution in [0.4, 0.5) is 8.78 Å². The Hall–Kier alpha value is -1.69. The Morgan fingerprint density at radius 1 is 1.40 bits per heavy atom. The SMILES string of the molecule is CNCc1cc(F)c(OC(C)C(=O)NC2CC2)c(F)c1. The van der Waals surface area contributed by atoms with Gasteiger partial charge in [0.15, 0.2) is 23.5 Å². The van der Waals surface area contributed by atoms with Crippen LogP contribution in [-0.4, -0.2) is 25.1 Å². The summed E-state index contributed by atoms with van der Waals surface area (Å²) in [6.07, 6.45) is 0.953. The van der Waals surface area contributed by atoms with Crippen LogP contribution in [0.2, 0.25) is 0 Å². The van der Waals surface area contributed by atoms with Crippen molar-refractivity contribution in [3.05, 3.63) is 29.3 Å².